The minimum absolute atomic E-state index is 0.0219. The third-order valence-electron chi connectivity index (χ3n) is 5.14. The van der Waals surface area contributed by atoms with E-state index in [1.165, 1.54) is 30.2 Å². The van der Waals surface area contributed by atoms with Crippen LogP contribution in [0.5, 0.6) is 5.75 Å². The van der Waals surface area contributed by atoms with Crippen molar-refractivity contribution in [1.82, 2.24) is 20.5 Å². The Kier molecular flexibility index (Phi) is 9.30. The van der Waals surface area contributed by atoms with Crippen LogP contribution in [-0.2, 0) is 9.59 Å². The Balaban J connectivity index is 1.59. The van der Waals surface area contributed by atoms with Crippen LogP contribution in [-0.4, -0.2) is 68.4 Å². The first-order valence-electron chi connectivity index (χ1n) is 11.2. The van der Waals surface area contributed by atoms with Gasteiger partial charge in [-0.2, -0.15) is 0 Å². The fraction of sp³-hybridized carbons (Fsp3) is 0.417. The van der Waals surface area contributed by atoms with Crippen molar-refractivity contribution in [3.05, 3.63) is 41.6 Å². The second-order valence-corrected chi connectivity index (χ2v) is 10.9. The van der Waals surface area contributed by atoms with Crippen LogP contribution in [0, 0.1) is 12.8 Å². The van der Waals surface area contributed by atoms with Crippen molar-refractivity contribution in [3.8, 4) is 5.75 Å². The summed E-state index contributed by atoms with van der Waals surface area (Å²) in [4.78, 5) is 43.9. The average Bonchev–Trinajstić information content (AvgIpc) is 3.58. The maximum Gasteiger partial charge on any atom is 0.255 e. The second-order valence-electron chi connectivity index (χ2n) is 8.52. The predicted octanol–water partition coefficient (Wildman–Crippen LogP) is 2.92. The number of aromatic nitrogens is 1. The van der Waals surface area contributed by atoms with E-state index in [0.717, 1.165) is 27.5 Å². The van der Waals surface area contributed by atoms with Crippen LogP contribution in [0.25, 0.3) is 0 Å². The van der Waals surface area contributed by atoms with Gasteiger partial charge in [-0.1, -0.05) is 29.7 Å². The highest BCUT2D eigenvalue weighted by atomic mass is 32.2. The highest BCUT2D eigenvalue weighted by molar-refractivity contribution is 8.01. The van der Waals surface area contributed by atoms with Crippen molar-refractivity contribution in [2.75, 3.05) is 46.2 Å². The van der Waals surface area contributed by atoms with Crippen LogP contribution in [0.3, 0.4) is 0 Å². The van der Waals surface area contributed by atoms with Gasteiger partial charge in [-0.15, -0.1) is 0 Å². The quantitative estimate of drug-likeness (QED) is 0.293. The molecule has 0 saturated heterocycles. The molecule has 1 heterocycles. The fourth-order valence-electron chi connectivity index (χ4n) is 3.17. The first-order valence-corrected chi connectivity index (χ1v) is 12.8. The molecule has 0 unspecified atom stereocenters. The van der Waals surface area contributed by atoms with E-state index in [1.54, 1.807) is 12.3 Å². The summed E-state index contributed by atoms with van der Waals surface area (Å²) < 4.78 is 6.33. The van der Waals surface area contributed by atoms with Gasteiger partial charge >= 0.3 is 0 Å². The molecule has 0 spiro atoms. The summed E-state index contributed by atoms with van der Waals surface area (Å²) in [5.41, 5.74) is 1.81. The van der Waals surface area contributed by atoms with Crippen molar-refractivity contribution >= 4 is 46.0 Å². The van der Waals surface area contributed by atoms with Crippen molar-refractivity contribution in [2.45, 2.75) is 28.9 Å². The summed E-state index contributed by atoms with van der Waals surface area (Å²) >= 11 is 2.87. The third-order valence-corrected chi connectivity index (χ3v) is 7.31. The van der Waals surface area contributed by atoms with E-state index in [9.17, 15) is 14.4 Å². The number of likely N-dealkylation sites (N-methyl/N-ethyl adjacent to an activating group) is 1. The summed E-state index contributed by atoms with van der Waals surface area (Å²) in [7, 11) is 5.25. The van der Waals surface area contributed by atoms with E-state index in [-0.39, 0.29) is 36.7 Å². The first-order chi connectivity index (χ1) is 16.7. The molecule has 0 bridgehead atoms. The number of hydrogen-bond acceptors (Lipinski definition) is 8. The maximum absolute atomic E-state index is 12.9. The molecular formula is C24H31N5O4S2. The zero-order valence-electron chi connectivity index (χ0n) is 20.4. The average molecular weight is 518 g/mol. The molecule has 0 aliphatic heterocycles. The number of ether oxygens (including phenoxy) is 1. The van der Waals surface area contributed by atoms with Crippen LogP contribution in [0.2, 0.25) is 0 Å². The molecule has 3 N–H and O–H groups in total. The Morgan fingerprint density at radius 1 is 1.23 bits per heavy atom. The SMILES string of the molecule is C=C(CN(C)C)C(=O)NCCNC(=O)c1cc(Sc2cnc(NC(=O)C3CC3)s2)c(C)cc1OC. The Hall–Kier alpha value is -2.89. The molecule has 1 aromatic heterocycles. The molecule has 0 radical (unpaired) electrons. The van der Waals surface area contributed by atoms with Gasteiger partial charge in [0.1, 0.15) is 5.75 Å². The molecule has 1 aromatic carbocycles. The van der Waals surface area contributed by atoms with Gasteiger partial charge in [0.25, 0.3) is 5.91 Å². The van der Waals surface area contributed by atoms with Gasteiger partial charge in [0.2, 0.25) is 11.8 Å². The predicted molar refractivity (Wildman–Crippen MR) is 138 cm³/mol. The normalized spacial score (nSPS) is 12.8. The van der Waals surface area contributed by atoms with Crippen molar-refractivity contribution in [3.63, 3.8) is 0 Å². The van der Waals surface area contributed by atoms with E-state index in [1.807, 2.05) is 32.0 Å². The number of thiazole rings is 1. The number of rotatable bonds is 12. The lowest BCUT2D eigenvalue weighted by Crippen LogP contribution is -2.36. The van der Waals surface area contributed by atoms with E-state index in [2.05, 4.69) is 27.5 Å². The lowest BCUT2D eigenvalue weighted by Gasteiger charge is -2.14. The number of benzene rings is 1. The molecule has 188 valence electrons. The molecule has 1 fully saturated rings. The molecule has 11 heteroatoms. The number of anilines is 1. The molecule has 9 nitrogen and oxygen atoms in total. The van der Waals surface area contributed by atoms with Crippen molar-refractivity contribution in [2.24, 2.45) is 5.92 Å². The van der Waals surface area contributed by atoms with E-state index in [4.69, 9.17) is 4.74 Å². The number of amides is 3. The standard InChI is InChI=1S/C24H31N5O4S2/c1-14-10-18(33-5)17(23(32)26-9-8-25-21(30)15(2)13-29(3)4)11-19(14)34-20-12-27-24(35-20)28-22(31)16-6-7-16/h10-12,16H,2,6-9,13H2,1,3-5H3,(H,25,30)(H,26,32)(H,27,28,31). The van der Waals surface area contributed by atoms with Gasteiger partial charge in [-0.3, -0.25) is 14.4 Å². The number of hydrogen-bond donors (Lipinski definition) is 3. The largest absolute Gasteiger partial charge is 0.496 e. The summed E-state index contributed by atoms with van der Waals surface area (Å²) in [6.07, 6.45) is 3.59. The van der Waals surface area contributed by atoms with E-state index >= 15 is 0 Å². The Labute approximate surface area is 213 Å². The number of methoxy groups -OCH3 is 1. The lowest BCUT2D eigenvalue weighted by molar-refractivity contribution is -0.118. The third kappa shape index (κ3) is 7.81. The Bertz CT molecular complexity index is 1110. The van der Waals surface area contributed by atoms with Crippen LogP contribution < -0.4 is 20.7 Å². The molecule has 35 heavy (non-hydrogen) atoms. The van der Waals surface area contributed by atoms with Gasteiger partial charge in [-0.25, -0.2) is 4.98 Å². The Morgan fingerprint density at radius 2 is 1.94 bits per heavy atom. The molecule has 2 aromatic rings. The molecule has 3 rings (SSSR count). The lowest BCUT2D eigenvalue weighted by atomic mass is 10.1. The molecule has 0 atom stereocenters. The van der Waals surface area contributed by atoms with Gasteiger partial charge in [0, 0.05) is 36.0 Å². The fourth-order valence-corrected chi connectivity index (χ4v) is 5.11. The molecule has 1 saturated carbocycles. The zero-order valence-corrected chi connectivity index (χ0v) is 22.0. The molecule has 3 amide bonds. The topological polar surface area (TPSA) is 113 Å². The second kappa shape index (κ2) is 12.2. The van der Waals surface area contributed by atoms with Crippen LogP contribution >= 0.6 is 23.1 Å². The number of nitrogens with one attached hydrogen (secondary N) is 3. The number of aryl methyl sites for hydroxylation is 1. The monoisotopic (exact) mass is 517 g/mol. The van der Waals surface area contributed by atoms with E-state index < -0.39 is 0 Å². The smallest absolute Gasteiger partial charge is 0.255 e. The Morgan fingerprint density at radius 3 is 2.60 bits per heavy atom. The van der Waals surface area contributed by atoms with E-state index in [0.29, 0.717) is 28.6 Å². The molecule has 1 aliphatic rings. The van der Waals surface area contributed by atoms with Crippen LogP contribution in [0.4, 0.5) is 5.13 Å². The summed E-state index contributed by atoms with van der Waals surface area (Å²) in [5.74, 6) is 0.0665. The first kappa shape index (κ1) is 26.7. The highest BCUT2D eigenvalue weighted by Gasteiger charge is 2.30. The summed E-state index contributed by atoms with van der Waals surface area (Å²) in [5, 5.41) is 9.00. The van der Waals surface area contributed by atoms with Gasteiger partial charge in [0.05, 0.1) is 23.1 Å². The van der Waals surface area contributed by atoms with Crippen molar-refractivity contribution in [1.29, 1.82) is 0 Å². The van der Waals surface area contributed by atoms with Crippen molar-refractivity contribution < 1.29 is 19.1 Å². The molecular weight excluding hydrogens is 486 g/mol. The highest BCUT2D eigenvalue weighted by Crippen LogP contribution is 2.39. The van der Waals surface area contributed by atoms with Gasteiger partial charge < -0.3 is 25.6 Å². The van der Waals surface area contributed by atoms with Crippen LogP contribution in [0.15, 0.2) is 39.6 Å². The minimum atomic E-state index is -0.299. The van der Waals surface area contributed by atoms with Gasteiger partial charge in [-0.05, 0) is 51.6 Å². The minimum Gasteiger partial charge on any atom is -0.496 e. The maximum atomic E-state index is 12.9. The van der Waals surface area contributed by atoms with Crippen LogP contribution in [0.1, 0.15) is 28.8 Å². The summed E-state index contributed by atoms with van der Waals surface area (Å²) in [6.45, 7) is 6.73. The summed E-state index contributed by atoms with van der Waals surface area (Å²) in [6, 6.07) is 3.61. The number of carbonyl (C=O) groups excluding carboxylic acids is 3. The van der Waals surface area contributed by atoms with Gasteiger partial charge in [0.15, 0.2) is 5.13 Å². The molecule has 1 aliphatic carbocycles. The number of carbonyl (C=O) groups is 3. The zero-order chi connectivity index (χ0) is 25.5. The number of nitrogens with zero attached hydrogens (tertiary/aromatic N) is 2.